The minimum Gasteiger partial charge on any atom is -0.463 e. The molecule has 15 heavy (non-hydrogen) atoms. The van der Waals surface area contributed by atoms with Crippen molar-refractivity contribution in [1.82, 2.24) is 4.98 Å². The molecule has 1 aliphatic heterocycles. The molecule has 0 aromatic carbocycles. The van der Waals surface area contributed by atoms with Crippen LogP contribution in [-0.2, 0) is 4.79 Å². The second-order valence-electron chi connectivity index (χ2n) is 3.24. The van der Waals surface area contributed by atoms with Crippen molar-refractivity contribution >= 4 is 17.9 Å². The largest absolute Gasteiger partial charge is 0.463 e. The predicted octanol–water partition coefficient (Wildman–Crippen LogP) is 1.00. The fraction of sp³-hybridized carbons (Fsp3) is 0.300. The van der Waals surface area contributed by atoms with Crippen molar-refractivity contribution in [3.63, 3.8) is 0 Å². The standard InChI is InChI=1S/C10H10N2O3/c1-2-8-9(14)12-7-3-6(5-13)4-11-10(7)15-8/h3-5,8H,2H2,1H3,(H,12,14). The molecular weight excluding hydrogens is 196 g/mol. The van der Waals surface area contributed by atoms with E-state index in [4.69, 9.17) is 4.74 Å². The van der Waals surface area contributed by atoms with Crippen LogP contribution in [0.25, 0.3) is 0 Å². The Morgan fingerprint density at radius 2 is 2.47 bits per heavy atom. The van der Waals surface area contributed by atoms with E-state index in [-0.39, 0.29) is 5.91 Å². The van der Waals surface area contributed by atoms with Crippen molar-refractivity contribution in [3.8, 4) is 5.88 Å². The fourth-order valence-electron chi connectivity index (χ4n) is 1.39. The lowest BCUT2D eigenvalue weighted by Crippen LogP contribution is -2.36. The molecule has 1 aromatic rings. The van der Waals surface area contributed by atoms with Gasteiger partial charge in [-0.05, 0) is 12.5 Å². The van der Waals surface area contributed by atoms with Gasteiger partial charge < -0.3 is 10.1 Å². The highest BCUT2D eigenvalue weighted by Gasteiger charge is 2.26. The summed E-state index contributed by atoms with van der Waals surface area (Å²) in [5.41, 5.74) is 0.863. The van der Waals surface area contributed by atoms with Crippen LogP contribution in [0.5, 0.6) is 5.88 Å². The Kier molecular flexibility index (Phi) is 2.37. The van der Waals surface area contributed by atoms with E-state index in [1.165, 1.54) is 6.20 Å². The lowest BCUT2D eigenvalue weighted by molar-refractivity contribution is -0.123. The molecular formula is C10H10N2O3. The zero-order valence-electron chi connectivity index (χ0n) is 8.19. The van der Waals surface area contributed by atoms with Crippen molar-refractivity contribution in [2.24, 2.45) is 0 Å². The maximum absolute atomic E-state index is 11.4. The summed E-state index contributed by atoms with van der Waals surface area (Å²) >= 11 is 0. The molecule has 2 heterocycles. The van der Waals surface area contributed by atoms with Gasteiger partial charge in [0.2, 0.25) is 5.88 Å². The van der Waals surface area contributed by atoms with Crippen LogP contribution in [-0.4, -0.2) is 23.3 Å². The van der Waals surface area contributed by atoms with Crippen LogP contribution in [0.1, 0.15) is 23.7 Å². The number of carbonyl (C=O) groups excluding carboxylic acids is 2. The highest BCUT2D eigenvalue weighted by Crippen LogP contribution is 2.27. The predicted molar refractivity (Wildman–Crippen MR) is 53.0 cm³/mol. The van der Waals surface area contributed by atoms with Gasteiger partial charge in [-0.25, -0.2) is 4.98 Å². The second kappa shape index (κ2) is 3.68. The topological polar surface area (TPSA) is 68.3 Å². The number of nitrogens with zero attached hydrogens (tertiary/aromatic N) is 1. The summed E-state index contributed by atoms with van der Waals surface area (Å²) in [7, 11) is 0. The molecule has 1 atom stereocenters. The van der Waals surface area contributed by atoms with Gasteiger partial charge in [-0.15, -0.1) is 0 Å². The third-order valence-electron chi connectivity index (χ3n) is 2.18. The third-order valence-corrected chi connectivity index (χ3v) is 2.18. The second-order valence-corrected chi connectivity index (χ2v) is 3.24. The summed E-state index contributed by atoms with van der Waals surface area (Å²) in [6, 6.07) is 1.54. The van der Waals surface area contributed by atoms with Crippen LogP contribution >= 0.6 is 0 Å². The molecule has 5 heteroatoms. The van der Waals surface area contributed by atoms with Gasteiger partial charge in [0.25, 0.3) is 5.91 Å². The summed E-state index contributed by atoms with van der Waals surface area (Å²) < 4.78 is 5.35. The lowest BCUT2D eigenvalue weighted by Gasteiger charge is -2.23. The number of ether oxygens (including phenoxy) is 1. The fourth-order valence-corrected chi connectivity index (χ4v) is 1.39. The van der Waals surface area contributed by atoms with Crippen molar-refractivity contribution < 1.29 is 14.3 Å². The van der Waals surface area contributed by atoms with Gasteiger partial charge in [0.1, 0.15) is 5.69 Å². The normalized spacial score (nSPS) is 18.7. The SMILES string of the molecule is CCC1Oc2ncc(C=O)cc2NC1=O. The maximum Gasteiger partial charge on any atom is 0.265 e. The van der Waals surface area contributed by atoms with Gasteiger partial charge in [-0.3, -0.25) is 9.59 Å². The van der Waals surface area contributed by atoms with Crippen molar-refractivity contribution in [3.05, 3.63) is 17.8 Å². The van der Waals surface area contributed by atoms with Gasteiger partial charge >= 0.3 is 0 Å². The number of pyridine rings is 1. The van der Waals surface area contributed by atoms with Crippen LogP contribution in [0.15, 0.2) is 12.3 Å². The number of rotatable bonds is 2. The zero-order valence-corrected chi connectivity index (χ0v) is 8.19. The zero-order chi connectivity index (χ0) is 10.8. The monoisotopic (exact) mass is 206 g/mol. The molecule has 0 bridgehead atoms. The number of nitrogens with one attached hydrogen (secondary N) is 1. The molecule has 0 saturated carbocycles. The van der Waals surface area contributed by atoms with E-state index in [1.807, 2.05) is 6.92 Å². The smallest absolute Gasteiger partial charge is 0.265 e. The molecule has 1 aromatic heterocycles. The number of aromatic nitrogens is 1. The van der Waals surface area contributed by atoms with E-state index in [2.05, 4.69) is 10.3 Å². The van der Waals surface area contributed by atoms with Gasteiger partial charge in [0, 0.05) is 11.8 Å². The molecule has 1 unspecified atom stereocenters. The first-order chi connectivity index (χ1) is 7.24. The van der Waals surface area contributed by atoms with E-state index in [9.17, 15) is 9.59 Å². The Balaban J connectivity index is 2.36. The number of anilines is 1. The Hall–Kier alpha value is -1.91. The summed E-state index contributed by atoms with van der Waals surface area (Å²) in [4.78, 5) is 25.9. The Morgan fingerprint density at radius 3 is 3.13 bits per heavy atom. The van der Waals surface area contributed by atoms with Crippen LogP contribution in [0.3, 0.4) is 0 Å². The molecule has 0 saturated heterocycles. The number of aldehydes is 1. The molecule has 0 spiro atoms. The van der Waals surface area contributed by atoms with Crippen LogP contribution < -0.4 is 10.1 Å². The quantitative estimate of drug-likeness (QED) is 0.733. The maximum atomic E-state index is 11.4. The number of hydrogen-bond donors (Lipinski definition) is 1. The van der Waals surface area contributed by atoms with Crippen molar-refractivity contribution in [2.45, 2.75) is 19.4 Å². The van der Waals surface area contributed by atoms with Gasteiger partial charge in [0.05, 0.1) is 0 Å². The number of fused-ring (bicyclic) bond motifs is 1. The Morgan fingerprint density at radius 1 is 1.67 bits per heavy atom. The molecule has 1 amide bonds. The van der Waals surface area contributed by atoms with Crippen LogP contribution in [0, 0.1) is 0 Å². The number of amides is 1. The van der Waals surface area contributed by atoms with E-state index >= 15 is 0 Å². The summed E-state index contributed by atoms with van der Waals surface area (Å²) in [5.74, 6) is 0.168. The lowest BCUT2D eigenvalue weighted by atomic mass is 10.2. The average Bonchev–Trinajstić information content (AvgIpc) is 2.27. The number of carbonyl (C=O) groups is 2. The number of hydrogen-bond acceptors (Lipinski definition) is 4. The highest BCUT2D eigenvalue weighted by molar-refractivity contribution is 5.98. The van der Waals surface area contributed by atoms with E-state index < -0.39 is 6.10 Å². The molecule has 5 nitrogen and oxygen atoms in total. The summed E-state index contributed by atoms with van der Waals surface area (Å²) in [6.07, 6.45) is 2.18. The van der Waals surface area contributed by atoms with Crippen LogP contribution in [0.2, 0.25) is 0 Å². The Bertz CT molecular complexity index is 417. The summed E-state index contributed by atoms with van der Waals surface area (Å²) in [5, 5.41) is 2.65. The molecule has 2 rings (SSSR count). The van der Waals surface area contributed by atoms with Gasteiger partial charge in [-0.2, -0.15) is 0 Å². The molecule has 1 N–H and O–H groups in total. The molecule has 0 aliphatic carbocycles. The van der Waals surface area contributed by atoms with Crippen molar-refractivity contribution in [2.75, 3.05) is 5.32 Å². The van der Waals surface area contributed by atoms with Gasteiger partial charge in [-0.1, -0.05) is 6.92 Å². The molecule has 78 valence electrons. The first-order valence-corrected chi connectivity index (χ1v) is 4.67. The van der Waals surface area contributed by atoms with E-state index in [0.29, 0.717) is 29.8 Å². The Labute approximate surface area is 86.5 Å². The third kappa shape index (κ3) is 1.68. The molecule has 0 fully saturated rings. The minimum absolute atomic E-state index is 0.199. The van der Waals surface area contributed by atoms with Crippen LogP contribution in [0.4, 0.5) is 5.69 Å². The van der Waals surface area contributed by atoms with Gasteiger partial charge in [0.15, 0.2) is 12.4 Å². The summed E-state index contributed by atoms with van der Waals surface area (Å²) in [6.45, 7) is 1.86. The first kappa shape index (κ1) is 9.64. The van der Waals surface area contributed by atoms with E-state index in [1.54, 1.807) is 6.07 Å². The van der Waals surface area contributed by atoms with E-state index in [0.717, 1.165) is 0 Å². The highest BCUT2D eigenvalue weighted by atomic mass is 16.5. The van der Waals surface area contributed by atoms with Crippen molar-refractivity contribution in [1.29, 1.82) is 0 Å². The molecule has 1 aliphatic rings. The first-order valence-electron chi connectivity index (χ1n) is 4.67. The average molecular weight is 206 g/mol. The molecule has 0 radical (unpaired) electrons. The minimum atomic E-state index is -0.493.